The molecule has 0 amide bonds. The van der Waals surface area contributed by atoms with Gasteiger partial charge < -0.3 is 10.1 Å². The monoisotopic (exact) mass is 310 g/mol. The van der Waals surface area contributed by atoms with Crippen LogP contribution in [0.3, 0.4) is 0 Å². The third kappa shape index (κ3) is 7.47. The predicted octanol–water partition coefficient (Wildman–Crippen LogP) is 2.91. The van der Waals surface area contributed by atoms with E-state index in [4.69, 9.17) is 4.74 Å². The molecule has 1 atom stereocenters. The van der Waals surface area contributed by atoms with Gasteiger partial charge in [-0.05, 0) is 31.8 Å². The molecule has 6 heteroatoms. The molecule has 1 rings (SSSR count). The van der Waals surface area contributed by atoms with Crippen LogP contribution < -0.4 is 5.32 Å². The van der Waals surface area contributed by atoms with E-state index in [0.717, 1.165) is 32.5 Å². The summed E-state index contributed by atoms with van der Waals surface area (Å²) in [6.45, 7) is 8.91. The highest BCUT2D eigenvalue weighted by molar-refractivity contribution is 4.87. The molecule has 1 saturated heterocycles. The lowest BCUT2D eigenvalue weighted by atomic mass is 9.81. The van der Waals surface area contributed by atoms with Gasteiger partial charge in [0.25, 0.3) is 0 Å². The lowest BCUT2D eigenvalue weighted by Gasteiger charge is -2.41. The molecular weight excluding hydrogens is 281 g/mol. The molecule has 0 aromatic heterocycles. The first-order chi connectivity index (χ1) is 9.76. The fourth-order valence-electron chi connectivity index (χ4n) is 2.86. The second kappa shape index (κ2) is 8.34. The van der Waals surface area contributed by atoms with Gasteiger partial charge in [0.15, 0.2) is 0 Å². The van der Waals surface area contributed by atoms with Crippen molar-refractivity contribution in [2.75, 3.05) is 45.9 Å². The summed E-state index contributed by atoms with van der Waals surface area (Å²) < 4.78 is 43.5. The first-order valence-corrected chi connectivity index (χ1v) is 7.84. The van der Waals surface area contributed by atoms with E-state index in [0.29, 0.717) is 25.6 Å². The van der Waals surface area contributed by atoms with Gasteiger partial charge in [-0.1, -0.05) is 20.8 Å². The Morgan fingerprint density at radius 2 is 2.05 bits per heavy atom. The van der Waals surface area contributed by atoms with E-state index in [9.17, 15) is 13.2 Å². The maximum absolute atomic E-state index is 12.6. The minimum Gasteiger partial charge on any atom is -0.381 e. The Hall–Kier alpha value is -0.330. The second-order valence-corrected chi connectivity index (χ2v) is 6.60. The molecule has 1 fully saturated rings. The zero-order valence-corrected chi connectivity index (χ0v) is 13.4. The van der Waals surface area contributed by atoms with Gasteiger partial charge >= 0.3 is 6.18 Å². The Morgan fingerprint density at radius 1 is 1.33 bits per heavy atom. The summed E-state index contributed by atoms with van der Waals surface area (Å²) in [6, 6.07) is 0. The Labute approximate surface area is 126 Å². The van der Waals surface area contributed by atoms with E-state index >= 15 is 0 Å². The Kier molecular flexibility index (Phi) is 7.44. The smallest absolute Gasteiger partial charge is 0.381 e. The topological polar surface area (TPSA) is 24.5 Å². The minimum atomic E-state index is -4.14. The normalized spacial score (nSPS) is 24.0. The third-order valence-corrected chi connectivity index (χ3v) is 3.87. The molecule has 126 valence electrons. The van der Waals surface area contributed by atoms with Gasteiger partial charge in [0.2, 0.25) is 0 Å². The first-order valence-electron chi connectivity index (χ1n) is 7.84. The van der Waals surface area contributed by atoms with Crippen LogP contribution in [0.25, 0.3) is 0 Å². The minimum absolute atomic E-state index is 0.200. The fourth-order valence-corrected chi connectivity index (χ4v) is 2.86. The van der Waals surface area contributed by atoms with Gasteiger partial charge in [-0.2, -0.15) is 13.2 Å². The molecule has 3 nitrogen and oxygen atoms in total. The van der Waals surface area contributed by atoms with Crippen LogP contribution in [0.2, 0.25) is 0 Å². The lowest BCUT2D eigenvalue weighted by molar-refractivity contribution is -0.151. The van der Waals surface area contributed by atoms with Gasteiger partial charge in [-0.25, -0.2) is 0 Å². The molecule has 0 aliphatic carbocycles. The Balaban J connectivity index is 2.62. The highest BCUT2D eigenvalue weighted by Crippen LogP contribution is 2.30. The van der Waals surface area contributed by atoms with Crippen molar-refractivity contribution in [2.45, 2.75) is 39.8 Å². The molecule has 1 aliphatic heterocycles. The summed E-state index contributed by atoms with van der Waals surface area (Å²) in [5, 5.41) is 3.40. The van der Waals surface area contributed by atoms with Gasteiger partial charge in [0, 0.05) is 25.1 Å². The quantitative estimate of drug-likeness (QED) is 0.746. The summed E-state index contributed by atoms with van der Waals surface area (Å²) in [5.74, 6) is 0.531. The van der Waals surface area contributed by atoms with E-state index in [2.05, 4.69) is 19.2 Å². The molecule has 0 aromatic rings. The average molecular weight is 310 g/mol. The lowest BCUT2D eigenvalue weighted by Crippen LogP contribution is -2.51. The number of halogens is 3. The van der Waals surface area contributed by atoms with Crippen molar-refractivity contribution in [3.05, 3.63) is 0 Å². The highest BCUT2D eigenvalue weighted by Gasteiger charge is 2.37. The van der Waals surface area contributed by atoms with Gasteiger partial charge in [-0.15, -0.1) is 0 Å². The van der Waals surface area contributed by atoms with E-state index in [1.807, 2.05) is 0 Å². The Morgan fingerprint density at radius 3 is 2.52 bits per heavy atom. The van der Waals surface area contributed by atoms with Crippen molar-refractivity contribution in [3.8, 4) is 0 Å². The Bertz CT molecular complexity index is 289. The van der Waals surface area contributed by atoms with Crippen LogP contribution >= 0.6 is 0 Å². The van der Waals surface area contributed by atoms with Crippen LogP contribution in [0.15, 0.2) is 0 Å². The predicted molar refractivity (Wildman–Crippen MR) is 78.4 cm³/mol. The maximum Gasteiger partial charge on any atom is 0.401 e. The van der Waals surface area contributed by atoms with Crippen molar-refractivity contribution in [2.24, 2.45) is 11.3 Å². The number of alkyl halides is 3. The molecule has 21 heavy (non-hydrogen) atoms. The molecule has 0 bridgehead atoms. The van der Waals surface area contributed by atoms with Gasteiger partial charge in [-0.3, -0.25) is 4.90 Å². The van der Waals surface area contributed by atoms with E-state index < -0.39 is 12.7 Å². The molecule has 1 N–H and O–H groups in total. The molecule has 0 aromatic carbocycles. The fraction of sp³-hybridized carbons (Fsp3) is 1.00. The van der Waals surface area contributed by atoms with Crippen LogP contribution in [0.1, 0.15) is 33.6 Å². The third-order valence-electron chi connectivity index (χ3n) is 3.87. The summed E-state index contributed by atoms with van der Waals surface area (Å²) in [4.78, 5) is 1.49. The maximum atomic E-state index is 12.6. The molecule has 0 radical (unpaired) electrons. The molecular formula is C15H29F3N2O. The number of ether oxygens (including phenoxy) is 1. The van der Waals surface area contributed by atoms with Crippen molar-refractivity contribution in [3.63, 3.8) is 0 Å². The zero-order chi connectivity index (χ0) is 15.9. The number of hydrogen-bond donors (Lipinski definition) is 1. The largest absolute Gasteiger partial charge is 0.401 e. The van der Waals surface area contributed by atoms with Crippen LogP contribution in [-0.4, -0.2) is 57.0 Å². The van der Waals surface area contributed by atoms with Crippen LogP contribution in [0.4, 0.5) is 13.2 Å². The van der Waals surface area contributed by atoms with E-state index in [1.54, 1.807) is 6.92 Å². The van der Waals surface area contributed by atoms with Gasteiger partial charge in [0.1, 0.15) is 0 Å². The van der Waals surface area contributed by atoms with Crippen LogP contribution in [0.5, 0.6) is 0 Å². The highest BCUT2D eigenvalue weighted by atomic mass is 19.4. The molecule has 0 saturated carbocycles. The standard InChI is InChI=1S/C15H29F3N2O/c1-4-20(11-15(16,17)18)10-14(6-5-7-21-12-14)9-19-8-13(2)3/h13,19H,4-12H2,1-3H3. The molecule has 1 aliphatic rings. The summed E-state index contributed by atoms with van der Waals surface area (Å²) in [7, 11) is 0. The summed E-state index contributed by atoms with van der Waals surface area (Å²) in [5.41, 5.74) is -0.200. The zero-order valence-electron chi connectivity index (χ0n) is 13.4. The van der Waals surface area contributed by atoms with E-state index in [-0.39, 0.29) is 5.41 Å². The molecule has 0 spiro atoms. The number of rotatable bonds is 8. The summed E-state index contributed by atoms with van der Waals surface area (Å²) >= 11 is 0. The molecule has 1 heterocycles. The summed E-state index contributed by atoms with van der Waals surface area (Å²) in [6.07, 6.45) is -2.29. The van der Waals surface area contributed by atoms with Gasteiger partial charge in [0.05, 0.1) is 13.2 Å². The van der Waals surface area contributed by atoms with E-state index in [1.165, 1.54) is 4.90 Å². The number of hydrogen-bond acceptors (Lipinski definition) is 3. The second-order valence-electron chi connectivity index (χ2n) is 6.60. The average Bonchev–Trinajstić information content (AvgIpc) is 2.37. The van der Waals surface area contributed by atoms with Crippen LogP contribution in [-0.2, 0) is 4.74 Å². The first kappa shape index (κ1) is 18.7. The number of nitrogens with one attached hydrogen (secondary N) is 1. The van der Waals surface area contributed by atoms with Crippen molar-refractivity contribution >= 4 is 0 Å². The van der Waals surface area contributed by atoms with Crippen LogP contribution in [0, 0.1) is 11.3 Å². The van der Waals surface area contributed by atoms with Crippen molar-refractivity contribution < 1.29 is 17.9 Å². The molecule has 1 unspecified atom stereocenters. The van der Waals surface area contributed by atoms with Crippen molar-refractivity contribution in [1.29, 1.82) is 0 Å². The van der Waals surface area contributed by atoms with Crippen molar-refractivity contribution in [1.82, 2.24) is 10.2 Å². The SMILES string of the molecule is CCN(CC(F)(F)F)CC1(CNCC(C)C)CCCOC1. The number of nitrogens with zero attached hydrogens (tertiary/aromatic N) is 1.